The molecule has 0 atom stereocenters. The first-order valence-electron chi connectivity index (χ1n) is 9.12. The lowest BCUT2D eigenvalue weighted by Crippen LogP contribution is -2.15. The second-order valence-electron chi connectivity index (χ2n) is 6.34. The number of aromatic nitrogens is 4. The van der Waals surface area contributed by atoms with Gasteiger partial charge in [0.1, 0.15) is 0 Å². The van der Waals surface area contributed by atoms with E-state index in [2.05, 4.69) is 25.8 Å². The van der Waals surface area contributed by atoms with Crippen molar-refractivity contribution in [1.29, 1.82) is 0 Å². The maximum Gasteiger partial charge on any atom is 0.234 e. The van der Waals surface area contributed by atoms with Gasteiger partial charge in [0.05, 0.1) is 5.75 Å². The normalized spacial score (nSPS) is 10.6. The molecule has 0 saturated heterocycles. The highest BCUT2D eigenvalue weighted by molar-refractivity contribution is 7.99. The van der Waals surface area contributed by atoms with Gasteiger partial charge in [-0.2, -0.15) is 0 Å². The number of thioether (sulfide) groups is 1. The van der Waals surface area contributed by atoms with E-state index in [1.54, 1.807) is 24.5 Å². The van der Waals surface area contributed by atoms with Crippen molar-refractivity contribution < 1.29 is 9.59 Å². The number of hydrogen-bond donors (Lipinski definition) is 2. The van der Waals surface area contributed by atoms with Crippen LogP contribution >= 0.6 is 11.8 Å². The van der Waals surface area contributed by atoms with E-state index >= 15 is 0 Å². The third-order valence-electron chi connectivity index (χ3n) is 4.11. The van der Waals surface area contributed by atoms with Crippen molar-refractivity contribution in [2.75, 3.05) is 16.4 Å². The third kappa shape index (κ3) is 5.20. The zero-order valence-corrected chi connectivity index (χ0v) is 17.3. The number of aryl methyl sites for hydroxylation is 1. The number of carbonyl (C=O) groups excluding carboxylic acids is 2. The van der Waals surface area contributed by atoms with Crippen LogP contribution in [0.15, 0.2) is 47.9 Å². The lowest BCUT2D eigenvalue weighted by Gasteiger charge is -2.10. The molecule has 8 nitrogen and oxygen atoms in total. The van der Waals surface area contributed by atoms with Gasteiger partial charge >= 0.3 is 0 Å². The second-order valence-corrected chi connectivity index (χ2v) is 7.28. The SMILES string of the molecule is CCn1c(SCC(=O)Nc2ccc(NC(C)=O)c(C)c2)nnc1-c1cccnc1. The van der Waals surface area contributed by atoms with Crippen molar-refractivity contribution in [3.05, 3.63) is 48.3 Å². The molecule has 0 bridgehead atoms. The molecular weight excluding hydrogens is 388 g/mol. The average molecular weight is 411 g/mol. The number of nitrogens with one attached hydrogen (secondary N) is 2. The summed E-state index contributed by atoms with van der Waals surface area (Å²) in [5.41, 5.74) is 3.16. The van der Waals surface area contributed by atoms with Gasteiger partial charge in [0.25, 0.3) is 0 Å². The Bertz CT molecular complexity index is 1020. The minimum Gasteiger partial charge on any atom is -0.326 e. The Morgan fingerprint density at radius 1 is 1.17 bits per heavy atom. The Labute approximate surface area is 173 Å². The second kappa shape index (κ2) is 9.33. The highest BCUT2D eigenvalue weighted by Crippen LogP contribution is 2.24. The Hall–Kier alpha value is -3.20. The van der Waals surface area contributed by atoms with Gasteiger partial charge in [-0.25, -0.2) is 0 Å². The predicted molar refractivity (Wildman–Crippen MR) is 114 cm³/mol. The third-order valence-corrected chi connectivity index (χ3v) is 5.07. The molecule has 0 saturated carbocycles. The lowest BCUT2D eigenvalue weighted by molar-refractivity contribution is -0.114. The fourth-order valence-electron chi connectivity index (χ4n) is 2.79. The number of benzene rings is 1. The van der Waals surface area contributed by atoms with Crippen LogP contribution in [0.2, 0.25) is 0 Å². The first-order valence-corrected chi connectivity index (χ1v) is 10.1. The first kappa shape index (κ1) is 20.5. The fraction of sp³-hybridized carbons (Fsp3) is 0.250. The lowest BCUT2D eigenvalue weighted by atomic mass is 10.1. The molecule has 0 aliphatic heterocycles. The summed E-state index contributed by atoms with van der Waals surface area (Å²) >= 11 is 1.33. The van der Waals surface area contributed by atoms with Crippen LogP contribution in [-0.4, -0.2) is 37.3 Å². The topological polar surface area (TPSA) is 102 Å². The van der Waals surface area contributed by atoms with Gasteiger partial charge in [-0.05, 0) is 49.7 Å². The van der Waals surface area contributed by atoms with Gasteiger partial charge < -0.3 is 15.2 Å². The molecule has 3 aromatic rings. The summed E-state index contributed by atoms with van der Waals surface area (Å²) in [7, 11) is 0. The van der Waals surface area contributed by atoms with Crippen molar-refractivity contribution in [3.8, 4) is 11.4 Å². The molecule has 1 aromatic carbocycles. The van der Waals surface area contributed by atoms with Crippen molar-refractivity contribution >= 4 is 35.0 Å². The molecule has 150 valence electrons. The Morgan fingerprint density at radius 2 is 2.00 bits per heavy atom. The molecule has 3 rings (SSSR count). The molecule has 0 fully saturated rings. The molecule has 2 N–H and O–H groups in total. The predicted octanol–water partition coefficient (Wildman–Crippen LogP) is 3.36. The van der Waals surface area contributed by atoms with E-state index in [4.69, 9.17) is 0 Å². The monoisotopic (exact) mass is 410 g/mol. The summed E-state index contributed by atoms with van der Waals surface area (Å²) in [6, 6.07) is 9.13. The minimum atomic E-state index is -0.143. The zero-order valence-electron chi connectivity index (χ0n) is 16.5. The van der Waals surface area contributed by atoms with Crippen molar-refractivity contribution in [1.82, 2.24) is 19.7 Å². The summed E-state index contributed by atoms with van der Waals surface area (Å²) in [5.74, 6) is 0.660. The van der Waals surface area contributed by atoms with Crippen molar-refractivity contribution in [2.45, 2.75) is 32.5 Å². The van der Waals surface area contributed by atoms with Crippen LogP contribution in [0.25, 0.3) is 11.4 Å². The van der Waals surface area contributed by atoms with Crippen LogP contribution in [0.5, 0.6) is 0 Å². The molecule has 2 aromatic heterocycles. The molecule has 9 heteroatoms. The average Bonchev–Trinajstić information content (AvgIpc) is 3.12. The number of amides is 2. The first-order chi connectivity index (χ1) is 14.0. The van der Waals surface area contributed by atoms with Gasteiger partial charge in [-0.15, -0.1) is 10.2 Å². The van der Waals surface area contributed by atoms with Crippen LogP contribution < -0.4 is 10.6 Å². The maximum absolute atomic E-state index is 12.4. The van der Waals surface area contributed by atoms with E-state index < -0.39 is 0 Å². The van der Waals surface area contributed by atoms with E-state index in [-0.39, 0.29) is 17.6 Å². The van der Waals surface area contributed by atoms with Crippen molar-refractivity contribution in [3.63, 3.8) is 0 Å². The van der Waals surface area contributed by atoms with E-state index in [1.807, 2.05) is 36.6 Å². The molecule has 0 radical (unpaired) electrons. The van der Waals surface area contributed by atoms with Crippen LogP contribution in [0.3, 0.4) is 0 Å². The van der Waals surface area contributed by atoms with Gasteiger partial charge in [0, 0.05) is 42.8 Å². The van der Waals surface area contributed by atoms with Crippen LogP contribution in [0.4, 0.5) is 11.4 Å². The molecule has 0 unspecified atom stereocenters. The van der Waals surface area contributed by atoms with Gasteiger partial charge in [0.2, 0.25) is 11.8 Å². The van der Waals surface area contributed by atoms with Gasteiger partial charge in [-0.1, -0.05) is 11.8 Å². The molecule has 0 aliphatic carbocycles. The summed E-state index contributed by atoms with van der Waals surface area (Å²) in [6.07, 6.45) is 3.45. The summed E-state index contributed by atoms with van der Waals surface area (Å²) in [6.45, 7) is 6.03. The number of pyridine rings is 1. The van der Waals surface area contributed by atoms with E-state index in [0.717, 1.165) is 22.6 Å². The van der Waals surface area contributed by atoms with E-state index in [0.29, 0.717) is 17.4 Å². The highest BCUT2D eigenvalue weighted by atomic mass is 32.2. The molecule has 29 heavy (non-hydrogen) atoms. The van der Waals surface area contributed by atoms with E-state index in [1.165, 1.54) is 18.7 Å². The largest absolute Gasteiger partial charge is 0.326 e. The molecule has 2 amide bonds. The van der Waals surface area contributed by atoms with Crippen LogP contribution in [-0.2, 0) is 16.1 Å². The smallest absolute Gasteiger partial charge is 0.234 e. The number of rotatable bonds is 7. The fourth-order valence-corrected chi connectivity index (χ4v) is 3.59. The van der Waals surface area contributed by atoms with E-state index in [9.17, 15) is 9.59 Å². The number of nitrogens with zero attached hydrogens (tertiary/aromatic N) is 4. The Morgan fingerprint density at radius 3 is 2.66 bits per heavy atom. The van der Waals surface area contributed by atoms with Gasteiger partial charge in [0.15, 0.2) is 11.0 Å². The zero-order chi connectivity index (χ0) is 20.8. The minimum absolute atomic E-state index is 0.132. The number of hydrogen-bond acceptors (Lipinski definition) is 6. The molecular formula is C20H22N6O2S. The highest BCUT2D eigenvalue weighted by Gasteiger charge is 2.15. The maximum atomic E-state index is 12.4. The standard InChI is InChI=1S/C20H22N6O2S/c1-4-26-19(15-6-5-9-21-11-15)24-25-20(26)29-12-18(28)23-16-7-8-17(13(2)10-16)22-14(3)27/h5-11H,4,12H2,1-3H3,(H,22,27)(H,23,28). The summed E-state index contributed by atoms with van der Waals surface area (Å²) in [5, 5.41) is 14.8. The van der Waals surface area contributed by atoms with Gasteiger partial charge in [-0.3, -0.25) is 14.6 Å². The number of carbonyl (C=O) groups is 2. The molecule has 0 spiro atoms. The Kier molecular flexibility index (Phi) is 6.61. The Balaban J connectivity index is 1.63. The molecule has 2 heterocycles. The summed E-state index contributed by atoms with van der Waals surface area (Å²) < 4.78 is 1.96. The summed E-state index contributed by atoms with van der Waals surface area (Å²) in [4.78, 5) is 27.7. The molecule has 0 aliphatic rings. The van der Waals surface area contributed by atoms with Crippen LogP contribution in [0.1, 0.15) is 19.4 Å². The van der Waals surface area contributed by atoms with Crippen LogP contribution in [0, 0.1) is 6.92 Å². The quantitative estimate of drug-likeness (QED) is 0.579. The number of anilines is 2. The van der Waals surface area contributed by atoms with Crippen molar-refractivity contribution in [2.24, 2.45) is 0 Å².